The Morgan fingerprint density at radius 1 is 1.08 bits per heavy atom. The zero-order chi connectivity index (χ0) is 17.2. The van der Waals surface area contributed by atoms with Crippen molar-refractivity contribution in [2.24, 2.45) is 0 Å². The molecule has 2 aromatic rings. The average Bonchev–Trinajstić information content (AvgIpc) is 2.63. The second-order valence-electron chi connectivity index (χ2n) is 5.31. The molecule has 0 heterocycles. The Balaban J connectivity index is 2.17. The third kappa shape index (κ3) is 5.21. The fourth-order valence-corrected chi connectivity index (χ4v) is 2.46. The zero-order valence-corrected chi connectivity index (χ0v) is 13.9. The molecular formula is C21H23NO2. The third-order valence-electron chi connectivity index (χ3n) is 3.63. The fraction of sp³-hybridized carbons (Fsp3) is 0.190. The van der Waals surface area contributed by atoms with E-state index in [9.17, 15) is 4.79 Å². The lowest BCUT2D eigenvalue weighted by Crippen LogP contribution is -2.24. The molecule has 0 bridgehead atoms. The molecule has 2 rings (SSSR count). The van der Waals surface area contributed by atoms with Gasteiger partial charge < -0.3 is 10.1 Å². The smallest absolute Gasteiger partial charge is 0.331 e. The Kier molecular flexibility index (Phi) is 6.99. The van der Waals surface area contributed by atoms with Gasteiger partial charge in [-0.2, -0.15) is 0 Å². The second kappa shape index (κ2) is 9.48. The summed E-state index contributed by atoms with van der Waals surface area (Å²) in [5.41, 5.74) is 3.14. The number of benzene rings is 2. The van der Waals surface area contributed by atoms with Crippen molar-refractivity contribution < 1.29 is 9.53 Å². The number of nitrogens with one attached hydrogen (secondary N) is 1. The molecule has 0 saturated carbocycles. The molecule has 3 nitrogen and oxygen atoms in total. The largest absolute Gasteiger partial charge is 0.463 e. The van der Waals surface area contributed by atoms with E-state index in [-0.39, 0.29) is 12.0 Å². The highest BCUT2D eigenvalue weighted by Crippen LogP contribution is 2.21. The first-order valence-electron chi connectivity index (χ1n) is 8.07. The molecule has 0 saturated heterocycles. The van der Waals surface area contributed by atoms with E-state index in [0.29, 0.717) is 13.2 Å². The van der Waals surface area contributed by atoms with E-state index in [1.165, 1.54) is 17.2 Å². The lowest BCUT2D eigenvalue weighted by molar-refractivity contribution is -0.137. The van der Waals surface area contributed by atoms with E-state index in [0.717, 1.165) is 5.57 Å². The monoisotopic (exact) mass is 321 g/mol. The molecule has 0 atom stereocenters. The summed E-state index contributed by atoms with van der Waals surface area (Å²) < 4.78 is 4.96. The number of ether oxygens (including phenoxy) is 1. The Labute approximate surface area is 143 Å². The molecule has 1 N–H and O–H groups in total. The molecule has 2 aromatic carbocycles. The van der Waals surface area contributed by atoms with Crippen LogP contribution in [-0.4, -0.2) is 19.1 Å². The quantitative estimate of drug-likeness (QED) is 0.453. The molecule has 0 fully saturated rings. The molecule has 0 amide bonds. The van der Waals surface area contributed by atoms with Crippen LogP contribution in [0.4, 0.5) is 0 Å². The van der Waals surface area contributed by atoms with Gasteiger partial charge in [-0.3, -0.25) is 0 Å². The molecule has 0 aliphatic carbocycles. The Morgan fingerprint density at radius 2 is 1.62 bits per heavy atom. The number of esters is 1. The molecule has 0 unspecified atom stereocenters. The SMILES string of the molecule is C=C/C(=C\C(=O)OCC)CNC(c1ccccc1)c1ccccc1. The predicted octanol–water partition coefficient (Wildman–Crippen LogP) is 4.04. The Morgan fingerprint density at radius 3 is 2.08 bits per heavy atom. The lowest BCUT2D eigenvalue weighted by atomic mass is 9.98. The summed E-state index contributed by atoms with van der Waals surface area (Å²) in [6.45, 7) is 6.46. The molecule has 0 aliphatic rings. The van der Waals surface area contributed by atoms with Crippen LogP contribution < -0.4 is 5.32 Å². The van der Waals surface area contributed by atoms with Gasteiger partial charge in [0.25, 0.3) is 0 Å². The van der Waals surface area contributed by atoms with Crippen LogP contribution in [-0.2, 0) is 9.53 Å². The minimum atomic E-state index is -0.342. The van der Waals surface area contributed by atoms with Gasteiger partial charge >= 0.3 is 5.97 Å². The van der Waals surface area contributed by atoms with Crippen molar-refractivity contribution in [3.05, 3.63) is 96.1 Å². The Hall–Kier alpha value is -2.65. The van der Waals surface area contributed by atoms with E-state index in [1.54, 1.807) is 13.0 Å². The van der Waals surface area contributed by atoms with E-state index in [1.807, 2.05) is 36.4 Å². The van der Waals surface area contributed by atoms with Gasteiger partial charge in [0.2, 0.25) is 0 Å². The topological polar surface area (TPSA) is 38.3 Å². The molecule has 0 aliphatic heterocycles. The van der Waals surface area contributed by atoms with Crippen LogP contribution in [0.15, 0.2) is 85.0 Å². The highest BCUT2D eigenvalue weighted by Gasteiger charge is 2.13. The molecule has 0 radical (unpaired) electrons. The van der Waals surface area contributed by atoms with Crippen LogP contribution in [0.2, 0.25) is 0 Å². The number of rotatable bonds is 8. The standard InChI is InChI=1S/C21H23NO2/c1-3-17(15-20(23)24-4-2)16-22-21(18-11-7-5-8-12-18)19-13-9-6-10-14-19/h3,5-15,21-22H,1,4,16H2,2H3/b17-15+. The van der Waals surface area contributed by atoms with Gasteiger partial charge in [0, 0.05) is 12.6 Å². The predicted molar refractivity (Wildman–Crippen MR) is 97.6 cm³/mol. The van der Waals surface area contributed by atoms with E-state index < -0.39 is 0 Å². The minimum absolute atomic E-state index is 0.0398. The molecular weight excluding hydrogens is 298 g/mol. The van der Waals surface area contributed by atoms with Crippen LogP contribution in [0.25, 0.3) is 0 Å². The van der Waals surface area contributed by atoms with Crippen LogP contribution in [0.1, 0.15) is 24.1 Å². The average molecular weight is 321 g/mol. The molecule has 0 aromatic heterocycles. The van der Waals surface area contributed by atoms with Crippen molar-refractivity contribution in [2.45, 2.75) is 13.0 Å². The van der Waals surface area contributed by atoms with Crippen LogP contribution in [0, 0.1) is 0 Å². The van der Waals surface area contributed by atoms with Crippen molar-refractivity contribution in [3.8, 4) is 0 Å². The Bertz CT molecular complexity index is 638. The molecule has 24 heavy (non-hydrogen) atoms. The van der Waals surface area contributed by atoms with Crippen molar-refractivity contribution in [2.75, 3.05) is 13.2 Å². The normalized spacial score (nSPS) is 11.3. The first-order valence-corrected chi connectivity index (χ1v) is 8.07. The maximum Gasteiger partial charge on any atom is 0.331 e. The number of hydrogen-bond donors (Lipinski definition) is 1. The zero-order valence-electron chi connectivity index (χ0n) is 13.9. The van der Waals surface area contributed by atoms with Crippen molar-refractivity contribution >= 4 is 5.97 Å². The number of carbonyl (C=O) groups excluding carboxylic acids is 1. The van der Waals surface area contributed by atoms with E-state index >= 15 is 0 Å². The van der Waals surface area contributed by atoms with Crippen molar-refractivity contribution in [1.82, 2.24) is 5.32 Å². The second-order valence-corrected chi connectivity index (χ2v) is 5.31. The summed E-state index contributed by atoms with van der Waals surface area (Å²) in [5.74, 6) is -0.342. The van der Waals surface area contributed by atoms with Gasteiger partial charge in [0.05, 0.1) is 12.6 Å². The summed E-state index contributed by atoms with van der Waals surface area (Å²) in [6.07, 6.45) is 3.16. The first kappa shape index (κ1) is 17.7. The highest BCUT2D eigenvalue weighted by atomic mass is 16.5. The summed E-state index contributed by atoms with van der Waals surface area (Å²) in [4.78, 5) is 11.6. The highest BCUT2D eigenvalue weighted by molar-refractivity contribution is 5.83. The molecule has 3 heteroatoms. The number of carbonyl (C=O) groups is 1. The summed E-state index contributed by atoms with van der Waals surface area (Å²) in [5, 5.41) is 3.50. The van der Waals surface area contributed by atoms with E-state index in [2.05, 4.69) is 36.2 Å². The van der Waals surface area contributed by atoms with Crippen LogP contribution >= 0.6 is 0 Å². The first-order chi connectivity index (χ1) is 11.7. The van der Waals surface area contributed by atoms with Gasteiger partial charge in [-0.1, -0.05) is 73.3 Å². The van der Waals surface area contributed by atoms with Crippen LogP contribution in [0.5, 0.6) is 0 Å². The number of hydrogen-bond acceptors (Lipinski definition) is 3. The van der Waals surface area contributed by atoms with Gasteiger partial charge in [0.1, 0.15) is 0 Å². The summed E-state index contributed by atoms with van der Waals surface area (Å²) >= 11 is 0. The minimum Gasteiger partial charge on any atom is -0.463 e. The summed E-state index contributed by atoms with van der Waals surface area (Å²) in [6, 6.07) is 20.5. The van der Waals surface area contributed by atoms with Gasteiger partial charge in [-0.15, -0.1) is 0 Å². The maximum absolute atomic E-state index is 11.6. The molecule has 0 spiro atoms. The summed E-state index contributed by atoms with van der Waals surface area (Å²) in [7, 11) is 0. The molecule has 124 valence electrons. The fourth-order valence-electron chi connectivity index (χ4n) is 2.46. The van der Waals surface area contributed by atoms with E-state index in [4.69, 9.17) is 4.74 Å². The lowest BCUT2D eigenvalue weighted by Gasteiger charge is -2.20. The van der Waals surface area contributed by atoms with Crippen molar-refractivity contribution in [1.29, 1.82) is 0 Å². The van der Waals surface area contributed by atoms with Gasteiger partial charge in [0.15, 0.2) is 0 Å². The van der Waals surface area contributed by atoms with Gasteiger partial charge in [-0.25, -0.2) is 4.79 Å². The van der Waals surface area contributed by atoms with Crippen LogP contribution in [0.3, 0.4) is 0 Å². The van der Waals surface area contributed by atoms with Crippen molar-refractivity contribution in [3.63, 3.8) is 0 Å². The van der Waals surface area contributed by atoms with Gasteiger partial charge in [-0.05, 0) is 23.6 Å². The third-order valence-corrected chi connectivity index (χ3v) is 3.63. The maximum atomic E-state index is 11.6.